The van der Waals surface area contributed by atoms with Crippen LogP contribution in [0.15, 0.2) is 12.1 Å². The molecule has 0 saturated carbocycles. The van der Waals surface area contributed by atoms with Gasteiger partial charge in [-0.3, -0.25) is 0 Å². The van der Waals surface area contributed by atoms with Crippen molar-refractivity contribution in [3.63, 3.8) is 0 Å². The average molecular weight is 247 g/mol. The molecule has 0 atom stereocenters. The lowest BCUT2D eigenvalue weighted by Gasteiger charge is -2.26. The maximum atomic E-state index is 8.67. The smallest absolute Gasteiger partial charge is 0.163 e. The quantitative estimate of drug-likeness (QED) is 0.821. The minimum atomic E-state index is 0.474. The molecular weight excluding hydrogens is 230 g/mol. The second kappa shape index (κ2) is 5.50. The van der Waals surface area contributed by atoms with E-state index in [0.29, 0.717) is 37.6 Å². The largest absolute Gasteiger partial charge is 0.486 e. The van der Waals surface area contributed by atoms with E-state index in [1.165, 1.54) is 0 Å². The van der Waals surface area contributed by atoms with Crippen LogP contribution in [-0.4, -0.2) is 26.3 Å². The summed E-state index contributed by atoms with van der Waals surface area (Å²) >= 11 is 0. The highest BCUT2D eigenvalue weighted by Gasteiger charge is 2.17. The molecule has 0 aromatic heterocycles. The van der Waals surface area contributed by atoms with Gasteiger partial charge in [-0.25, -0.2) is 0 Å². The van der Waals surface area contributed by atoms with Crippen molar-refractivity contribution in [2.75, 3.05) is 36.9 Å². The third-order valence-electron chi connectivity index (χ3n) is 2.91. The SMILES string of the molecule is CCN(CCC#N)c1cc2c(cc1N)OCCO2. The number of fused-ring (bicyclic) bond motifs is 1. The zero-order valence-corrected chi connectivity index (χ0v) is 10.5. The molecule has 0 fully saturated rings. The Morgan fingerprint density at radius 3 is 2.61 bits per heavy atom. The highest BCUT2D eigenvalue weighted by atomic mass is 16.6. The number of anilines is 2. The van der Waals surface area contributed by atoms with E-state index in [0.717, 1.165) is 18.0 Å². The fourth-order valence-corrected chi connectivity index (χ4v) is 2.00. The molecule has 0 spiro atoms. The van der Waals surface area contributed by atoms with Gasteiger partial charge in [-0.05, 0) is 6.92 Å². The maximum absolute atomic E-state index is 8.67. The first-order valence-corrected chi connectivity index (χ1v) is 6.07. The average Bonchev–Trinajstić information content (AvgIpc) is 2.40. The normalized spacial score (nSPS) is 12.9. The minimum Gasteiger partial charge on any atom is -0.486 e. The first-order valence-electron chi connectivity index (χ1n) is 6.07. The lowest BCUT2D eigenvalue weighted by molar-refractivity contribution is 0.172. The van der Waals surface area contributed by atoms with Crippen LogP contribution in [0.25, 0.3) is 0 Å². The molecule has 1 heterocycles. The Labute approximate surface area is 107 Å². The molecular formula is C13H17N3O2. The van der Waals surface area contributed by atoms with Crippen LogP contribution in [0.1, 0.15) is 13.3 Å². The number of benzene rings is 1. The van der Waals surface area contributed by atoms with E-state index in [9.17, 15) is 0 Å². The summed E-state index contributed by atoms with van der Waals surface area (Å²) in [6, 6.07) is 5.83. The third-order valence-corrected chi connectivity index (χ3v) is 2.91. The van der Waals surface area contributed by atoms with E-state index in [1.54, 1.807) is 6.07 Å². The van der Waals surface area contributed by atoms with Crippen molar-refractivity contribution >= 4 is 11.4 Å². The van der Waals surface area contributed by atoms with E-state index in [-0.39, 0.29) is 0 Å². The molecule has 0 saturated heterocycles. The fraction of sp³-hybridized carbons (Fsp3) is 0.462. The van der Waals surface area contributed by atoms with Crippen molar-refractivity contribution < 1.29 is 9.47 Å². The van der Waals surface area contributed by atoms with Crippen LogP contribution in [-0.2, 0) is 0 Å². The van der Waals surface area contributed by atoms with Gasteiger partial charge in [0.2, 0.25) is 0 Å². The van der Waals surface area contributed by atoms with Crippen LogP contribution >= 0.6 is 0 Å². The van der Waals surface area contributed by atoms with Crippen LogP contribution in [0, 0.1) is 11.3 Å². The van der Waals surface area contributed by atoms with Crippen molar-refractivity contribution in [2.24, 2.45) is 0 Å². The van der Waals surface area contributed by atoms with Gasteiger partial charge in [-0.15, -0.1) is 0 Å². The summed E-state index contributed by atoms with van der Waals surface area (Å²) in [7, 11) is 0. The molecule has 0 bridgehead atoms. The monoisotopic (exact) mass is 247 g/mol. The van der Waals surface area contributed by atoms with E-state index in [2.05, 4.69) is 11.0 Å². The molecule has 0 unspecified atom stereocenters. The van der Waals surface area contributed by atoms with Gasteiger partial charge in [0.05, 0.1) is 23.9 Å². The van der Waals surface area contributed by atoms with Crippen LogP contribution in [0.5, 0.6) is 11.5 Å². The molecule has 1 aromatic carbocycles. The minimum absolute atomic E-state index is 0.474. The van der Waals surface area contributed by atoms with Crippen LogP contribution in [0.3, 0.4) is 0 Å². The zero-order valence-electron chi connectivity index (χ0n) is 10.5. The molecule has 5 nitrogen and oxygen atoms in total. The van der Waals surface area contributed by atoms with Gasteiger partial charge in [-0.2, -0.15) is 5.26 Å². The predicted octanol–water partition coefficient (Wildman–Crippen LogP) is 1.78. The number of hydrogen-bond donors (Lipinski definition) is 1. The van der Waals surface area contributed by atoms with E-state index in [1.807, 2.05) is 13.0 Å². The second-order valence-corrected chi connectivity index (χ2v) is 4.04. The Balaban J connectivity index is 2.29. The molecule has 0 amide bonds. The van der Waals surface area contributed by atoms with Crippen molar-refractivity contribution in [1.82, 2.24) is 0 Å². The molecule has 2 N–H and O–H groups in total. The Hall–Kier alpha value is -2.09. The molecule has 0 radical (unpaired) electrons. The summed E-state index contributed by atoms with van der Waals surface area (Å²) in [6.45, 7) is 4.61. The van der Waals surface area contributed by atoms with Crippen LogP contribution < -0.4 is 20.1 Å². The Bertz CT molecular complexity index is 468. The summed E-state index contributed by atoms with van der Waals surface area (Å²) in [5.41, 5.74) is 7.58. The Kier molecular flexibility index (Phi) is 3.78. The van der Waals surface area contributed by atoms with Crippen LogP contribution in [0.4, 0.5) is 11.4 Å². The third kappa shape index (κ3) is 2.43. The van der Waals surface area contributed by atoms with Gasteiger partial charge >= 0.3 is 0 Å². The topological polar surface area (TPSA) is 71.5 Å². The molecule has 5 heteroatoms. The Morgan fingerprint density at radius 1 is 1.33 bits per heavy atom. The summed E-state index contributed by atoms with van der Waals surface area (Å²) in [4.78, 5) is 2.07. The molecule has 18 heavy (non-hydrogen) atoms. The predicted molar refractivity (Wildman–Crippen MR) is 70.0 cm³/mol. The lowest BCUT2D eigenvalue weighted by Crippen LogP contribution is -2.25. The number of rotatable bonds is 4. The summed E-state index contributed by atoms with van der Waals surface area (Å²) in [5.74, 6) is 1.42. The summed E-state index contributed by atoms with van der Waals surface area (Å²) in [5, 5.41) is 8.67. The van der Waals surface area contributed by atoms with Crippen LogP contribution in [0.2, 0.25) is 0 Å². The molecule has 1 aromatic rings. The van der Waals surface area contributed by atoms with Gasteiger partial charge < -0.3 is 20.1 Å². The summed E-state index contributed by atoms with van der Waals surface area (Å²) < 4.78 is 11.0. The molecule has 96 valence electrons. The standard InChI is InChI=1S/C13H17N3O2/c1-2-16(5-3-4-14)11-9-13-12(8-10(11)15)17-6-7-18-13/h8-9H,2-3,5-7,15H2,1H3. The van der Waals surface area contributed by atoms with Gasteiger partial charge in [0.15, 0.2) is 11.5 Å². The molecule has 2 rings (SSSR count). The molecule has 1 aliphatic heterocycles. The first-order chi connectivity index (χ1) is 8.76. The van der Waals surface area contributed by atoms with E-state index >= 15 is 0 Å². The van der Waals surface area contributed by atoms with Gasteiger partial charge in [-0.1, -0.05) is 0 Å². The number of nitriles is 1. The second-order valence-electron chi connectivity index (χ2n) is 4.04. The first kappa shape index (κ1) is 12.4. The van der Waals surface area contributed by atoms with Crippen molar-refractivity contribution in [2.45, 2.75) is 13.3 Å². The zero-order chi connectivity index (χ0) is 13.0. The van der Waals surface area contributed by atoms with Crippen molar-refractivity contribution in [1.29, 1.82) is 5.26 Å². The van der Waals surface area contributed by atoms with Gasteiger partial charge in [0, 0.05) is 25.2 Å². The lowest BCUT2D eigenvalue weighted by atomic mass is 10.2. The van der Waals surface area contributed by atoms with E-state index in [4.69, 9.17) is 20.5 Å². The van der Waals surface area contributed by atoms with Gasteiger partial charge in [0.1, 0.15) is 13.2 Å². The Morgan fingerprint density at radius 2 is 2.00 bits per heavy atom. The highest BCUT2D eigenvalue weighted by Crippen LogP contribution is 2.38. The van der Waals surface area contributed by atoms with Gasteiger partial charge in [0.25, 0.3) is 0 Å². The summed E-state index contributed by atoms with van der Waals surface area (Å²) in [6.07, 6.45) is 0.474. The number of nitrogen functional groups attached to an aromatic ring is 1. The fourth-order valence-electron chi connectivity index (χ4n) is 2.00. The van der Waals surface area contributed by atoms with Crippen molar-refractivity contribution in [3.05, 3.63) is 12.1 Å². The molecule has 1 aliphatic rings. The number of hydrogen-bond acceptors (Lipinski definition) is 5. The molecule has 0 aliphatic carbocycles. The van der Waals surface area contributed by atoms with Crippen molar-refractivity contribution in [3.8, 4) is 17.6 Å². The maximum Gasteiger partial charge on any atom is 0.163 e. The number of ether oxygens (including phenoxy) is 2. The highest BCUT2D eigenvalue weighted by molar-refractivity contribution is 5.73. The van der Waals surface area contributed by atoms with E-state index < -0.39 is 0 Å². The number of nitrogens with two attached hydrogens (primary N) is 1. The number of nitrogens with zero attached hydrogens (tertiary/aromatic N) is 2.